The Kier molecular flexibility index (Phi) is 2.84. The summed E-state index contributed by atoms with van der Waals surface area (Å²) >= 11 is 9.16. The average molecular weight is 222 g/mol. The number of thiol groups is 1. The summed E-state index contributed by atoms with van der Waals surface area (Å²) in [5.74, 6) is 0. The van der Waals surface area contributed by atoms with Crippen molar-refractivity contribution in [3.63, 3.8) is 0 Å². The van der Waals surface area contributed by atoms with E-state index in [1.54, 1.807) is 5.01 Å². The summed E-state index contributed by atoms with van der Waals surface area (Å²) in [6.07, 6.45) is 2.77. The summed E-state index contributed by atoms with van der Waals surface area (Å²) in [5, 5.41) is 5.96. The molecule has 2 rings (SSSR count). The van der Waals surface area contributed by atoms with Crippen LogP contribution < -0.4 is 0 Å². The fourth-order valence-electron chi connectivity index (χ4n) is 1.55. The molecule has 0 aromatic heterocycles. The summed E-state index contributed by atoms with van der Waals surface area (Å²) in [6, 6.07) is 10.4. The molecular formula is C10H10N2S2. The predicted molar refractivity (Wildman–Crippen MR) is 65.7 cm³/mol. The Morgan fingerprint density at radius 3 is 2.79 bits per heavy atom. The molecule has 2 nitrogen and oxygen atoms in total. The van der Waals surface area contributed by atoms with Crippen LogP contribution in [0.2, 0.25) is 0 Å². The van der Waals surface area contributed by atoms with Crippen molar-refractivity contribution >= 4 is 35.4 Å². The Hall–Kier alpha value is -0.870. The van der Waals surface area contributed by atoms with Crippen LogP contribution in [0, 0.1) is 0 Å². The standard InChI is InChI=1S/C10H10N2S2/c13-10(14)12-9(6-7-11-12)8-4-2-1-3-5-8/h1-5,7,9H,6H2,(H,13,14)/t9-/m1/s1. The van der Waals surface area contributed by atoms with Gasteiger partial charge in [-0.25, -0.2) is 5.01 Å². The molecule has 0 aliphatic carbocycles. The Morgan fingerprint density at radius 2 is 2.14 bits per heavy atom. The number of thiocarbonyl (C=S) groups is 1. The summed E-state index contributed by atoms with van der Waals surface area (Å²) in [7, 11) is 0. The van der Waals surface area contributed by atoms with Gasteiger partial charge in [-0.2, -0.15) is 5.10 Å². The number of rotatable bonds is 1. The molecule has 1 aromatic rings. The van der Waals surface area contributed by atoms with E-state index in [1.807, 2.05) is 24.4 Å². The highest BCUT2D eigenvalue weighted by Gasteiger charge is 2.23. The topological polar surface area (TPSA) is 15.6 Å². The second-order valence-corrected chi connectivity index (χ2v) is 4.20. The fraction of sp³-hybridized carbons (Fsp3) is 0.200. The lowest BCUT2D eigenvalue weighted by Crippen LogP contribution is -2.21. The monoisotopic (exact) mass is 222 g/mol. The SMILES string of the molecule is S=C(S)N1N=CC[C@@H]1c1ccccc1. The Balaban J connectivity index is 2.24. The zero-order valence-electron chi connectivity index (χ0n) is 7.50. The molecule has 1 atom stereocenters. The zero-order valence-corrected chi connectivity index (χ0v) is 9.21. The summed E-state index contributed by atoms with van der Waals surface area (Å²) in [4.78, 5) is 0. The van der Waals surface area contributed by atoms with Crippen molar-refractivity contribution < 1.29 is 0 Å². The third-order valence-corrected chi connectivity index (χ3v) is 2.60. The molecule has 72 valence electrons. The second kappa shape index (κ2) is 4.11. The molecule has 1 aromatic carbocycles. The molecule has 0 bridgehead atoms. The Labute approximate surface area is 94.0 Å². The number of hydrogen-bond donors (Lipinski definition) is 1. The van der Waals surface area contributed by atoms with E-state index in [9.17, 15) is 0 Å². The van der Waals surface area contributed by atoms with Gasteiger partial charge in [-0.1, -0.05) is 42.5 Å². The van der Waals surface area contributed by atoms with Gasteiger partial charge in [0, 0.05) is 12.6 Å². The van der Waals surface area contributed by atoms with Crippen LogP contribution in [-0.4, -0.2) is 15.5 Å². The van der Waals surface area contributed by atoms with Crippen LogP contribution in [0.4, 0.5) is 0 Å². The zero-order chi connectivity index (χ0) is 9.97. The van der Waals surface area contributed by atoms with E-state index in [1.165, 1.54) is 5.56 Å². The van der Waals surface area contributed by atoms with Gasteiger partial charge in [0.15, 0.2) is 4.32 Å². The molecule has 4 heteroatoms. The van der Waals surface area contributed by atoms with Crippen molar-refractivity contribution in [1.29, 1.82) is 0 Å². The maximum absolute atomic E-state index is 5.01. The highest BCUT2D eigenvalue weighted by atomic mass is 32.1. The van der Waals surface area contributed by atoms with Gasteiger partial charge in [0.25, 0.3) is 0 Å². The smallest absolute Gasteiger partial charge is 0.154 e. The first-order valence-corrected chi connectivity index (χ1v) is 5.24. The van der Waals surface area contributed by atoms with E-state index in [-0.39, 0.29) is 6.04 Å². The maximum Gasteiger partial charge on any atom is 0.154 e. The summed E-state index contributed by atoms with van der Waals surface area (Å²) < 4.78 is 0.521. The van der Waals surface area contributed by atoms with Crippen LogP contribution in [0.25, 0.3) is 0 Å². The molecular weight excluding hydrogens is 212 g/mol. The van der Waals surface area contributed by atoms with Gasteiger partial charge in [-0.05, 0) is 5.56 Å². The van der Waals surface area contributed by atoms with Gasteiger partial charge < -0.3 is 0 Å². The lowest BCUT2D eigenvalue weighted by molar-refractivity contribution is 0.383. The molecule has 0 unspecified atom stereocenters. The molecule has 0 radical (unpaired) electrons. The Bertz CT molecular complexity index is 362. The average Bonchev–Trinajstić information content (AvgIpc) is 2.67. The predicted octanol–water partition coefficient (Wildman–Crippen LogP) is 2.63. The van der Waals surface area contributed by atoms with E-state index in [0.29, 0.717) is 4.32 Å². The van der Waals surface area contributed by atoms with Gasteiger partial charge >= 0.3 is 0 Å². The second-order valence-electron chi connectivity index (χ2n) is 3.09. The molecule has 1 aliphatic rings. The van der Waals surface area contributed by atoms with E-state index in [0.717, 1.165) is 6.42 Å². The van der Waals surface area contributed by atoms with Crippen LogP contribution in [0.3, 0.4) is 0 Å². The molecule has 0 saturated carbocycles. The fourth-order valence-corrected chi connectivity index (χ4v) is 1.92. The van der Waals surface area contributed by atoms with Gasteiger partial charge in [0.05, 0.1) is 6.04 Å². The molecule has 14 heavy (non-hydrogen) atoms. The van der Waals surface area contributed by atoms with Crippen molar-refractivity contribution in [3.8, 4) is 0 Å². The minimum absolute atomic E-state index is 0.223. The van der Waals surface area contributed by atoms with E-state index < -0.39 is 0 Å². The quantitative estimate of drug-likeness (QED) is 0.580. The van der Waals surface area contributed by atoms with Crippen LogP contribution in [0.1, 0.15) is 18.0 Å². The number of hydrazone groups is 1. The number of nitrogens with zero attached hydrogens (tertiary/aromatic N) is 2. The minimum atomic E-state index is 0.223. The first-order chi connectivity index (χ1) is 6.79. The lowest BCUT2D eigenvalue weighted by Gasteiger charge is -2.21. The summed E-state index contributed by atoms with van der Waals surface area (Å²) in [5.41, 5.74) is 1.22. The summed E-state index contributed by atoms with van der Waals surface area (Å²) in [6.45, 7) is 0. The third kappa shape index (κ3) is 1.81. The Morgan fingerprint density at radius 1 is 1.43 bits per heavy atom. The normalized spacial score (nSPS) is 20.1. The van der Waals surface area contributed by atoms with E-state index in [2.05, 4.69) is 29.9 Å². The van der Waals surface area contributed by atoms with Gasteiger partial charge in [-0.15, -0.1) is 12.6 Å². The maximum atomic E-state index is 5.01. The number of hydrogen-bond acceptors (Lipinski definition) is 2. The van der Waals surface area contributed by atoms with Crippen molar-refractivity contribution in [2.24, 2.45) is 5.10 Å². The van der Waals surface area contributed by atoms with E-state index >= 15 is 0 Å². The van der Waals surface area contributed by atoms with Gasteiger partial charge in [0.1, 0.15) is 0 Å². The third-order valence-electron chi connectivity index (χ3n) is 2.21. The van der Waals surface area contributed by atoms with Crippen molar-refractivity contribution in [2.75, 3.05) is 0 Å². The molecule has 0 N–H and O–H groups in total. The van der Waals surface area contributed by atoms with Crippen LogP contribution >= 0.6 is 24.8 Å². The molecule has 0 fully saturated rings. The first kappa shape index (κ1) is 9.68. The van der Waals surface area contributed by atoms with Crippen LogP contribution in [-0.2, 0) is 0 Å². The van der Waals surface area contributed by atoms with Gasteiger partial charge in [-0.3, -0.25) is 0 Å². The molecule has 0 saturated heterocycles. The van der Waals surface area contributed by atoms with Crippen LogP contribution in [0.5, 0.6) is 0 Å². The minimum Gasteiger partial charge on any atom is -0.241 e. The number of benzene rings is 1. The van der Waals surface area contributed by atoms with E-state index in [4.69, 9.17) is 12.2 Å². The molecule has 1 heterocycles. The van der Waals surface area contributed by atoms with Crippen molar-refractivity contribution in [2.45, 2.75) is 12.5 Å². The molecule has 0 amide bonds. The van der Waals surface area contributed by atoms with Crippen molar-refractivity contribution in [3.05, 3.63) is 35.9 Å². The highest BCUT2D eigenvalue weighted by Crippen LogP contribution is 2.28. The van der Waals surface area contributed by atoms with Crippen molar-refractivity contribution in [1.82, 2.24) is 5.01 Å². The molecule has 0 spiro atoms. The largest absolute Gasteiger partial charge is 0.241 e. The first-order valence-electron chi connectivity index (χ1n) is 4.38. The van der Waals surface area contributed by atoms with Crippen LogP contribution in [0.15, 0.2) is 35.4 Å². The van der Waals surface area contributed by atoms with Gasteiger partial charge in [0.2, 0.25) is 0 Å². The highest BCUT2D eigenvalue weighted by molar-refractivity contribution is 8.10. The molecule has 1 aliphatic heterocycles. The lowest BCUT2D eigenvalue weighted by atomic mass is 10.1.